The number of rotatable bonds is 9. The molecule has 8 heteroatoms. The molecule has 2 aromatic rings. The number of carbonyl (C=O) groups excluding carboxylic acids is 3. The number of anilines is 2. The van der Waals surface area contributed by atoms with Crippen molar-refractivity contribution in [3.63, 3.8) is 0 Å². The summed E-state index contributed by atoms with van der Waals surface area (Å²) in [5.41, 5.74) is 1.09. The molecule has 28 heavy (non-hydrogen) atoms. The third-order valence-corrected chi connectivity index (χ3v) is 4.00. The highest BCUT2D eigenvalue weighted by molar-refractivity contribution is 6.33. The minimum Gasteiger partial charge on any atom is -0.497 e. The number of esters is 1. The van der Waals surface area contributed by atoms with E-state index in [0.29, 0.717) is 28.6 Å². The van der Waals surface area contributed by atoms with E-state index in [9.17, 15) is 14.4 Å². The van der Waals surface area contributed by atoms with Crippen LogP contribution in [0.2, 0.25) is 5.02 Å². The molecule has 0 saturated heterocycles. The van der Waals surface area contributed by atoms with Crippen molar-refractivity contribution in [2.45, 2.75) is 19.3 Å². The summed E-state index contributed by atoms with van der Waals surface area (Å²) in [7, 11) is 1.55. The number of hydrogen-bond acceptors (Lipinski definition) is 5. The Morgan fingerprint density at radius 1 is 0.929 bits per heavy atom. The molecule has 0 fully saturated rings. The second-order valence-electron chi connectivity index (χ2n) is 5.82. The molecule has 0 radical (unpaired) electrons. The van der Waals surface area contributed by atoms with Gasteiger partial charge in [0.1, 0.15) is 5.75 Å². The van der Waals surface area contributed by atoms with Crippen LogP contribution in [-0.2, 0) is 19.1 Å². The Morgan fingerprint density at radius 3 is 2.32 bits per heavy atom. The topological polar surface area (TPSA) is 93.7 Å². The Labute approximate surface area is 168 Å². The van der Waals surface area contributed by atoms with Gasteiger partial charge in [-0.1, -0.05) is 23.7 Å². The third kappa shape index (κ3) is 7.28. The van der Waals surface area contributed by atoms with E-state index in [2.05, 4.69) is 10.6 Å². The quantitative estimate of drug-likeness (QED) is 0.622. The van der Waals surface area contributed by atoms with Crippen LogP contribution >= 0.6 is 11.6 Å². The van der Waals surface area contributed by atoms with Crippen LogP contribution < -0.4 is 15.4 Å². The van der Waals surface area contributed by atoms with E-state index in [-0.39, 0.29) is 18.7 Å². The van der Waals surface area contributed by atoms with E-state index in [1.807, 2.05) is 0 Å². The fourth-order valence-corrected chi connectivity index (χ4v) is 2.44. The van der Waals surface area contributed by atoms with Gasteiger partial charge in [0, 0.05) is 18.5 Å². The molecule has 0 heterocycles. The predicted octanol–water partition coefficient (Wildman–Crippen LogP) is 3.64. The van der Waals surface area contributed by atoms with Gasteiger partial charge in [0.2, 0.25) is 5.91 Å². The summed E-state index contributed by atoms with van der Waals surface area (Å²) in [6.07, 6.45) is 0.472. The SMILES string of the molecule is COc1ccc(NC(=O)COC(=O)CCCC(=O)Nc2ccccc2Cl)cc1. The first kappa shape index (κ1) is 21.2. The van der Waals surface area contributed by atoms with Crippen LogP contribution in [0, 0.1) is 0 Å². The average molecular weight is 405 g/mol. The second kappa shape index (κ2) is 10.9. The Hall–Kier alpha value is -3.06. The summed E-state index contributed by atoms with van der Waals surface area (Å²) in [4.78, 5) is 35.4. The van der Waals surface area contributed by atoms with Crippen molar-refractivity contribution in [1.29, 1.82) is 0 Å². The number of benzene rings is 2. The van der Waals surface area contributed by atoms with Gasteiger partial charge >= 0.3 is 5.97 Å². The Balaban J connectivity index is 1.63. The van der Waals surface area contributed by atoms with E-state index in [4.69, 9.17) is 21.1 Å². The first-order chi connectivity index (χ1) is 13.5. The summed E-state index contributed by atoms with van der Waals surface area (Å²) in [6, 6.07) is 13.6. The molecule has 0 spiro atoms. The van der Waals surface area contributed by atoms with Crippen molar-refractivity contribution in [3.8, 4) is 5.75 Å². The highest BCUT2D eigenvalue weighted by Crippen LogP contribution is 2.20. The van der Waals surface area contributed by atoms with Crippen LogP contribution in [0.4, 0.5) is 11.4 Å². The largest absolute Gasteiger partial charge is 0.497 e. The zero-order valence-corrected chi connectivity index (χ0v) is 16.1. The average Bonchev–Trinajstić information content (AvgIpc) is 2.69. The first-order valence-corrected chi connectivity index (χ1v) is 8.99. The number of ether oxygens (including phenoxy) is 2. The highest BCUT2D eigenvalue weighted by atomic mass is 35.5. The fourth-order valence-electron chi connectivity index (χ4n) is 2.26. The zero-order valence-electron chi connectivity index (χ0n) is 15.4. The van der Waals surface area contributed by atoms with E-state index in [0.717, 1.165) is 0 Å². The summed E-state index contributed by atoms with van der Waals surface area (Å²) in [5.74, 6) is -0.577. The molecule has 2 rings (SSSR count). The van der Waals surface area contributed by atoms with Crippen molar-refractivity contribution in [3.05, 3.63) is 53.6 Å². The first-order valence-electron chi connectivity index (χ1n) is 8.62. The second-order valence-corrected chi connectivity index (χ2v) is 6.23. The molecule has 0 atom stereocenters. The minimum atomic E-state index is -0.546. The molecule has 0 aliphatic carbocycles. The summed E-state index contributed by atoms with van der Waals surface area (Å²) in [6.45, 7) is -0.392. The number of halogens is 1. The normalized spacial score (nSPS) is 10.1. The Morgan fingerprint density at radius 2 is 1.64 bits per heavy atom. The number of hydrogen-bond donors (Lipinski definition) is 2. The minimum absolute atomic E-state index is 0.0335. The fraction of sp³-hybridized carbons (Fsp3) is 0.250. The smallest absolute Gasteiger partial charge is 0.306 e. The summed E-state index contributed by atoms with van der Waals surface area (Å²) < 4.78 is 9.94. The maximum absolute atomic E-state index is 11.9. The van der Waals surface area contributed by atoms with Gasteiger partial charge in [-0.15, -0.1) is 0 Å². The predicted molar refractivity (Wildman–Crippen MR) is 107 cm³/mol. The van der Waals surface area contributed by atoms with E-state index in [1.165, 1.54) is 0 Å². The van der Waals surface area contributed by atoms with Crippen molar-refractivity contribution in [1.82, 2.24) is 0 Å². The molecule has 2 amide bonds. The standard InChI is InChI=1S/C20H21ClN2O5/c1-27-15-11-9-14(10-12-15)22-19(25)13-28-20(26)8-4-7-18(24)23-17-6-3-2-5-16(17)21/h2-3,5-6,9-12H,4,7-8,13H2,1H3,(H,22,25)(H,23,24). The lowest BCUT2D eigenvalue weighted by Crippen LogP contribution is -2.21. The molecule has 0 aromatic heterocycles. The van der Waals surface area contributed by atoms with Crippen molar-refractivity contribution in [2.24, 2.45) is 0 Å². The Bertz CT molecular complexity index is 824. The maximum Gasteiger partial charge on any atom is 0.306 e. The van der Waals surface area contributed by atoms with E-state index in [1.54, 1.807) is 55.6 Å². The molecule has 0 bridgehead atoms. The van der Waals surface area contributed by atoms with Gasteiger partial charge in [0.15, 0.2) is 6.61 Å². The van der Waals surface area contributed by atoms with Crippen molar-refractivity contribution < 1.29 is 23.9 Å². The molecule has 0 unspecified atom stereocenters. The van der Waals surface area contributed by atoms with Crippen LogP contribution in [-0.4, -0.2) is 31.5 Å². The van der Waals surface area contributed by atoms with Gasteiger partial charge in [-0.3, -0.25) is 14.4 Å². The van der Waals surface area contributed by atoms with Crippen LogP contribution in [0.25, 0.3) is 0 Å². The lowest BCUT2D eigenvalue weighted by atomic mass is 10.2. The number of nitrogens with one attached hydrogen (secondary N) is 2. The lowest BCUT2D eigenvalue weighted by molar-refractivity contribution is -0.147. The van der Waals surface area contributed by atoms with Crippen LogP contribution in [0.15, 0.2) is 48.5 Å². The third-order valence-electron chi connectivity index (χ3n) is 3.67. The van der Waals surface area contributed by atoms with Gasteiger partial charge in [0.05, 0.1) is 17.8 Å². The number of amides is 2. The molecular weight excluding hydrogens is 384 g/mol. The van der Waals surface area contributed by atoms with Gasteiger partial charge in [-0.05, 0) is 42.8 Å². The van der Waals surface area contributed by atoms with Crippen LogP contribution in [0.3, 0.4) is 0 Å². The molecule has 0 saturated carbocycles. The maximum atomic E-state index is 11.9. The lowest BCUT2D eigenvalue weighted by Gasteiger charge is -2.08. The number of carbonyl (C=O) groups is 3. The molecule has 0 aliphatic heterocycles. The molecule has 7 nitrogen and oxygen atoms in total. The van der Waals surface area contributed by atoms with Crippen molar-refractivity contribution >= 4 is 40.8 Å². The Kier molecular flexibility index (Phi) is 8.30. The number of para-hydroxylation sites is 1. The zero-order chi connectivity index (χ0) is 20.4. The van der Waals surface area contributed by atoms with E-state index >= 15 is 0 Å². The number of methoxy groups -OCH3 is 1. The molecule has 2 aromatic carbocycles. The van der Waals surface area contributed by atoms with Crippen molar-refractivity contribution in [2.75, 3.05) is 24.4 Å². The monoisotopic (exact) mass is 404 g/mol. The molecule has 0 aliphatic rings. The summed E-state index contributed by atoms with van der Waals surface area (Å²) >= 11 is 5.96. The molecule has 2 N–H and O–H groups in total. The molecular formula is C20H21ClN2O5. The highest BCUT2D eigenvalue weighted by Gasteiger charge is 2.10. The van der Waals surface area contributed by atoms with E-state index < -0.39 is 18.5 Å². The van der Waals surface area contributed by atoms with Crippen LogP contribution in [0.1, 0.15) is 19.3 Å². The van der Waals surface area contributed by atoms with Gasteiger partial charge in [0.25, 0.3) is 5.91 Å². The molecule has 148 valence electrons. The van der Waals surface area contributed by atoms with Gasteiger partial charge in [-0.2, -0.15) is 0 Å². The van der Waals surface area contributed by atoms with Crippen LogP contribution in [0.5, 0.6) is 5.75 Å². The van der Waals surface area contributed by atoms with Gasteiger partial charge < -0.3 is 20.1 Å². The van der Waals surface area contributed by atoms with Gasteiger partial charge in [-0.25, -0.2) is 0 Å². The summed E-state index contributed by atoms with van der Waals surface area (Å²) in [5, 5.41) is 5.72.